The number of thioether (sulfide) groups is 1. The van der Waals surface area contributed by atoms with E-state index in [4.69, 9.17) is 0 Å². The highest BCUT2D eigenvalue weighted by molar-refractivity contribution is 9.10. The van der Waals surface area contributed by atoms with Crippen LogP contribution in [0.25, 0.3) is 0 Å². The van der Waals surface area contributed by atoms with E-state index < -0.39 is 0 Å². The summed E-state index contributed by atoms with van der Waals surface area (Å²) in [6, 6.07) is 8.19. The molecule has 1 N–H and O–H groups in total. The van der Waals surface area contributed by atoms with Crippen LogP contribution in [0.5, 0.6) is 0 Å². The Bertz CT molecular complexity index is 370. The van der Waals surface area contributed by atoms with Gasteiger partial charge in [-0.2, -0.15) is 0 Å². The Morgan fingerprint density at radius 1 is 1.53 bits per heavy atom. The Hall–Kier alpha value is -0.480. The normalized spacial score (nSPS) is 12.2. The van der Waals surface area contributed by atoms with Gasteiger partial charge in [0.15, 0.2) is 0 Å². The Morgan fingerprint density at radius 2 is 2.29 bits per heavy atom. The van der Waals surface area contributed by atoms with Crippen molar-refractivity contribution in [3.8, 4) is 0 Å². The lowest BCUT2D eigenvalue weighted by Gasteiger charge is -2.11. The van der Waals surface area contributed by atoms with E-state index in [-0.39, 0.29) is 11.2 Å². The van der Waals surface area contributed by atoms with Gasteiger partial charge in [0, 0.05) is 16.8 Å². The maximum absolute atomic E-state index is 11.6. The highest BCUT2D eigenvalue weighted by Gasteiger charge is 2.12. The Morgan fingerprint density at radius 3 is 2.94 bits per heavy atom. The first-order valence-corrected chi connectivity index (χ1v) is 7.61. The molecule has 0 aliphatic carbocycles. The van der Waals surface area contributed by atoms with Crippen LogP contribution in [0.4, 0.5) is 0 Å². The summed E-state index contributed by atoms with van der Waals surface area (Å²) in [6.07, 6.45) is 0.981. The van der Waals surface area contributed by atoms with Gasteiger partial charge in [0.25, 0.3) is 0 Å². The van der Waals surface area contributed by atoms with Crippen molar-refractivity contribution in [1.82, 2.24) is 5.32 Å². The Balaban J connectivity index is 2.37. The number of hydrogen-bond donors (Lipinski definition) is 1. The molecule has 0 spiro atoms. The zero-order valence-corrected chi connectivity index (χ0v) is 12.6. The van der Waals surface area contributed by atoms with Crippen molar-refractivity contribution in [2.75, 3.05) is 6.54 Å². The molecule has 0 aliphatic heterocycles. The smallest absolute Gasteiger partial charge is 0.232 e. The fourth-order valence-corrected chi connectivity index (χ4v) is 2.62. The molecule has 0 heterocycles. The molecule has 1 rings (SSSR count). The summed E-state index contributed by atoms with van der Waals surface area (Å²) >= 11 is 5.11. The fraction of sp³-hybridized carbons (Fsp3) is 0.462. The standard InChI is InChI=1S/C13H18BrNOS/c1-3-7-15-13(16)10(2)17-9-11-5-4-6-12(14)8-11/h4-6,8,10H,3,7,9H2,1-2H3,(H,15,16)/t10-/m0/s1. The van der Waals surface area contributed by atoms with Crippen LogP contribution in [0.3, 0.4) is 0 Å². The van der Waals surface area contributed by atoms with Gasteiger partial charge in [-0.15, -0.1) is 11.8 Å². The molecule has 94 valence electrons. The zero-order chi connectivity index (χ0) is 12.7. The highest BCUT2D eigenvalue weighted by Crippen LogP contribution is 2.20. The molecule has 0 unspecified atom stereocenters. The summed E-state index contributed by atoms with van der Waals surface area (Å²) in [6.45, 7) is 4.77. The van der Waals surface area contributed by atoms with Gasteiger partial charge in [0.2, 0.25) is 5.91 Å². The first kappa shape index (κ1) is 14.6. The molecule has 17 heavy (non-hydrogen) atoms. The summed E-state index contributed by atoms with van der Waals surface area (Å²) < 4.78 is 1.08. The Labute approximate surface area is 116 Å². The third-order valence-corrected chi connectivity index (χ3v) is 4.01. The lowest BCUT2D eigenvalue weighted by Crippen LogP contribution is -2.31. The van der Waals surface area contributed by atoms with E-state index in [0.29, 0.717) is 0 Å². The molecule has 0 fully saturated rings. The van der Waals surface area contributed by atoms with Crippen molar-refractivity contribution < 1.29 is 4.79 Å². The minimum atomic E-state index is 0.000492. The molecular formula is C13H18BrNOS. The maximum atomic E-state index is 11.6. The molecule has 4 heteroatoms. The summed E-state index contributed by atoms with van der Waals surface area (Å²) in [5.41, 5.74) is 1.24. The van der Waals surface area contributed by atoms with Crippen LogP contribution in [0, 0.1) is 0 Å². The van der Waals surface area contributed by atoms with Crippen LogP contribution in [0.15, 0.2) is 28.7 Å². The molecule has 0 bridgehead atoms. The summed E-state index contributed by atoms with van der Waals surface area (Å²) in [5, 5.41) is 2.91. The molecule has 1 aromatic rings. The highest BCUT2D eigenvalue weighted by atomic mass is 79.9. The second-order valence-corrected chi connectivity index (χ2v) is 6.12. The largest absolute Gasteiger partial charge is 0.355 e. The third-order valence-electron chi connectivity index (χ3n) is 2.31. The van der Waals surface area contributed by atoms with E-state index in [0.717, 1.165) is 23.2 Å². The third kappa shape index (κ3) is 5.59. The van der Waals surface area contributed by atoms with Crippen molar-refractivity contribution in [2.24, 2.45) is 0 Å². The van der Waals surface area contributed by atoms with Crippen molar-refractivity contribution in [1.29, 1.82) is 0 Å². The van der Waals surface area contributed by atoms with Crippen molar-refractivity contribution >= 4 is 33.6 Å². The van der Waals surface area contributed by atoms with Gasteiger partial charge in [0.1, 0.15) is 0 Å². The van der Waals surface area contributed by atoms with E-state index in [9.17, 15) is 4.79 Å². The van der Waals surface area contributed by atoms with E-state index in [2.05, 4.69) is 40.3 Å². The second kappa shape index (κ2) is 7.77. The molecule has 0 saturated carbocycles. The van der Waals surface area contributed by atoms with Gasteiger partial charge in [-0.3, -0.25) is 4.79 Å². The zero-order valence-electron chi connectivity index (χ0n) is 10.2. The van der Waals surface area contributed by atoms with Crippen LogP contribution >= 0.6 is 27.7 Å². The van der Waals surface area contributed by atoms with Crippen LogP contribution in [0.1, 0.15) is 25.8 Å². The molecule has 2 nitrogen and oxygen atoms in total. The van der Waals surface area contributed by atoms with Crippen LogP contribution in [-0.4, -0.2) is 17.7 Å². The lowest BCUT2D eigenvalue weighted by atomic mass is 10.2. The van der Waals surface area contributed by atoms with Crippen molar-refractivity contribution in [3.63, 3.8) is 0 Å². The number of rotatable bonds is 6. The maximum Gasteiger partial charge on any atom is 0.232 e. The summed E-state index contributed by atoms with van der Waals surface area (Å²) in [7, 11) is 0. The quantitative estimate of drug-likeness (QED) is 0.869. The molecule has 0 saturated heterocycles. The minimum absolute atomic E-state index is 0.000492. The molecular weight excluding hydrogens is 298 g/mol. The summed E-state index contributed by atoms with van der Waals surface area (Å²) in [5.74, 6) is 0.993. The second-order valence-electron chi connectivity index (χ2n) is 3.87. The molecule has 0 aromatic heterocycles. The summed E-state index contributed by atoms with van der Waals surface area (Å²) in [4.78, 5) is 11.6. The predicted molar refractivity (Wildman–Crippen MR) is 78.2 cm³/mol. The number of hydrogen-bond acceptors (Lipinski definition) is 2. The van der Waals surface area contributed by atoms with Gasteiger partial charge < -0.3 is 5.32 Å². The van der Waals surface area contributed by atoms with Crippen LogP contribution < -0.4 is 5.32 Å². The average molecular weight is 316 g/mol. The SMILES string of the molecule is CCCNC(=O)[C@H](C)SCc1cccc(Br)c1. The van der Waals surface area contributed by atoms with E-state index in [1.807, 2.05) is 19.1 Å². The topological polar surface area (TPSA) is 29.1 Å². The molecule has 0 aliphatic rings. The Kier molecular flexibility index (Phi) is 6.66. The number of benzene rings is 1. The number of halogens is 1. The van der Waals surface area contributed by atoms with Crippen LogP contribution in [-0.2, 0) is 10.5 Å². The minimum Gasteiger partial charge on any atom is -0.355 e. The van der Waals surface area contributed by atoms with Gasteiger partial charge in [-0.1, -0.05) is 35.0 Å². The van der Waals surface area contributed by atoms with Gasteiger partial charge in [0.05, 0.1) is 5.25 Å². The van der Waals surface area contributed by atoms with Crippen molar-refractivity contribution in [3.05, 3.63) is 34.3 Å². The van der Waals surface area contributed by atoms with E-state index >= 15 is 0 Å². The van der Waals surface area contributed by atoms with E-state index in [1.165, 1.54) is 5.56 Å². The fourth-order valence-electron chi connectivity index (χ4n) is 1.32. The predicted octanol–water partition coefficient (Wildman–Crippen LogP) is 3.60. The number of carbonyl (C=O) groups excluding carboxylic acids is 1. The number of carbonyl (C=O) groups is 1. The van der Waals surface area contributed by atoms with E-state index in [1.54, 1.807) is 11.8 Å². The molecule has 1 atom stereocenters. The monoisotopic (exact) mass is 315 g/mol. The first-order valence-electron chi connectivity index (χ1n) is 5.77. The van der Waals surface area contributed by atoms with Gasteiger partial charge in [-0.25, -0.2) is 0 Å². The number of amides is 1. The van der Waals surface area contributed by atoms with Gasteiger partial charge >= 0.3 is 0 Å². The van der Waals surface area contributed by atoms with Crippen molar-refractivity contribution in [2.45, 2.75) is 31.3 Å². The van der Waals surface area contributed by atoms with Gasteiger partial charge in [-0.05, 0) is 31.0 Å². The number of nitrogens with one attached hydrogen (secondary N) is 1. The average Bonchev–Trinajstić information content (AvgIpc) is 2.33. The first-order chi connectivity index (χ1) is 8.13. The molecule has 0 radical (unpaired) electrons. The lowest BCUT2D eigenvalue weighted by molar-refractivity contribution is -0.120. The molecule has 1 amide bonds. The molecule has 1 aromatic carbocycles. The van der Waals surface area contributed by atoms with Crippen LogP contribution in [0.2, 0.25) is 0 Å².